The molecule has 21 heavy (non-hydrogen) atoms. The number of pyridine rings is 1. The van der Waals surface area contributed by atoms with Crippen molar-refractivity contribution in [3.63, 3.8) is 0 Å². The summed E-state index contributed by atoms with van der Waals surface area (Å²) >= 11 is 1.36. The number of thiazole rings is 1. The summed E-state index contributed by atoms with van der Waals surface area (Å²) in [6.07, 6.45) is 0.400. The number of aliphatic hydroxyl groups is 1. The van der Waals surface area contributed by atoms with E-state index >= 15 is 0 Å². The maximum Gasteiger partial charge on any atom is 0.268 e. The maximum atomic E-state index is 12.2. The fourth-order valence-corrected chi connectivity index (χ4v) is 2.51. The van der Waals surface area contributed by atoms with Crippen molar-refractivity contribution in [2.24, 2.45) is 0 Å². The normalized spacial score (nSPS) is 9.86. The molecule has 5 nitrogen and oxygen atoms in total. The Balaban J connectivity index is 2.13. The van der Waals surface area contributed by atoms with E-state index in [0.29, 0.717) is 28.5 Å². The third-order valence-corrected chi connectivity index (χ3v) is 3.63. The summed E-state index contributed by atoms with van der Waals surface area (Å²) in [6, 6.07) is 5.23. The summed E-state index contributed by atoms with van der Waals surface area (Å²) in [7, 11) is 0. The number of anilines is 1. The molecular formula is C15H15N3O2S. The van der Waals surface area contributed by atoms with Crippen LogP contribution in [0, 0.1) is 25.7 Å². The molecule has 0 aromatic carbocycles. The number of carbonyl (C=O) groups is 1. The Bertz CT molecular complexity index is 713. The molecule has 1 amide bonds. The summed E-state index contributed by atoms with van der Waals surface area (Å²) in [6.45, 7) is 3.69. The summed E-state index contributed by atoms with van der Waals surface area (Å²) in [5.74, 6) is 5.85. The minimum absolute atomic E-state index is 0.0213. The van der Waals surface area contributed by atoms with Crippen molar-refractivity contribution in [2.45, 2.75) is 20.3 Å². The van der Waals surface area contributed by atoms with Gasteiger partial charge in [0.15, 0.2) is 0 Å². The number of nitrogens with zero attached hydrogens (tertiary/aromatic N) is 2. The lowest BCUT2D eigenvalue weighted by molar-refractivity contribution is 0.102. The number of aryl methyl sites for hydroxylation is 2. The molecule has 2 rings (SSSR count). The Labute approximate surface area is 127 Å². The van der Waals surface area contributed by atoms with Gasteiger partial charge in [-0.05, 0) is 31.9 Å². The van der Waals surface area contributed by atoms with Crippen molar-refractivity contribution >= 4 is 23.1 Å². The highest BCUT2D eigenvalue weighted by molar-refractivity contribution is 7.13. The number of aliphatic hydroxyl groups excluding tert-OH is 1. The second-order valence-corrected chi connectivity index (χ2v) is 5.49. The fraction of sp³-hybridized carbons (Fsp3) is 0.267. The average molecular weight is 301 g/mol. The van der Waals surface area contributed by atoms with Crippen molar-refractivity contribution in [2.75, 3.05) is 11.9 Å². The summed E-state index contributed by atoms with van der Waals surface area (Å²) in [4.78, 5) is 21.2. The molecule has 2 aromatic rings. The fourth-order valence-electron chi connectivity index (χ4n) is 1.70. The van der Waals surface area contributed by atoms with Gasteiger partial charge in [-0.25, -0.2) is 9.97 Å². The van der Waals surface area contributed by atoms with Gasteiger partial charge in [-0.15, -0.1) is 11.3 Å². The van der Waals surface area contributed by atoms with Gasteiger partial charge in [0.2, 0.25) is 0 Å². The molecular weight excluding hydrogens is 286 g/mol. The Morgan fingerprint density at radius 3 is 2.86 bits per heavy atom. The van der Waals surface area contributed by atoms with Gasteiger partial charge in [0, 0.05) is 6.42 Å². The zero-order chi connectivity index (χ0) is 15.2. The molecule has 0 spiro atoms. The predicted octanol–water partition coefficient (Wildman–Crippen LogP) is 2.14. The number of carbonyl (C=O) groups excluding carboxylic acids is 1. The van der Waals surface area contributed by atoms with E-state index in [9.17, 15) is 4.79 Å². The summed E-state index contributed by atoms with van der Waals surface area (Å²) < 4.78 is 0. The van der Waals surface area contributed by atoms with Crippen LogP contribution in [0.4, 0.5) is 5.82 Å². The van der Waals surface area contributed by atoms with E-state index in [-0.39, 0.29) is 12.5 Å². The van der Waals surface area contributed by atoms with E-state index in [0.717, 1.165) is 5.01 Å². The lowest BCUT2D eigenvalue weighted by Gasteiger charge is -2.03. The van der Waals surface area contributed by atoms with Crippen LogP contribution in [0.5, 0.6) is 0 Å². The third kappa shape index (κ3) is 4.12. The smallest absolute Gasteiger partial charge is 0.268 e. The first-order valence-corrected chi connectivity index (χ1v) is 7.24. The molecule has 0 atom stereocenters. The van der Waals surface area contributed by atoms with E-state index in [1.54, 1.807) is 18.2 Å². The van der Waals surface area contributed by atoms with E-state index in [1.807, 2.05) is 13.8 Å². The van der Waals surface area contributed by atoms with E-state index in [4.69, 9.17) is 5.11 Å². The minimum Gasteiger partial charge on any atom is -0.395 e. The Kier molecular flexibility index (Phi) is 5.04. The van der Waals surface area contributed by atoms with Crippen LogP contribution in [0.1, 0.15) is 32.5 Å². The van der Waals surface area contributed by atoms with Crippen LogP contribution in [0.15, 0.2) is 18.2 Å². The second-order valence-electron chi connectivity index (χ2n) is 4.28. The Morgan fingerprint density at radius 1 is 1.38 bits per heavy atom. The molecule has 0 fully saturated rings. The zero-order valence-corrected chi connectivity index (χ0v) is 12.6. The van der Waals surface area contributed by atoms with Gasteiger partial charge < -0.3 is 10.4 Å². The first kappa shape index (κ1) is 15.2. The predicted molar refractivity (Wildman–Crippen MR) is 82.4 cm³/mol. The highest BCUT2D eigenvalue weighted by Crippen LogP contribution is 2.18. The molecule has 0 aliphatic heterocycles. The van der Waals surface area contributed by atoms with Crippen molar-refractivity contribution in [1.82, 2.24) is 9.97 Å². The quantitative estimate of drug-likeness (QED) is 0.852. The molecule has 0 bridgehead atoms. The van der Waals surface area contributed by atoms with Gasteiger partial charge in [-0.3, -0.25) is 4.79 Å². The van der Waals surface area contributed by atoms with E-state index < -0.39 is 0 Å². The molecule has 2 aromatic heterocycles. The highest BCUT2D eigenvalue weighted by Gasteiger charge is 2.14. The first-order valence-electron chi connectivity index (χ1n) is 6.42. The number of rotatable bonds is 3. The number of hydrogen-bond acceptors (Lipinski definition) is 5. The Morgan fingerprint density at radius 2 is 2.19 bits per heavy atom. The molecule has 2 heterocycles. The van der Waals surface area contributed by atoms with Gasteiger partial charge in [0.05, 0.1) is 17.3 Å². The lowest BCUT2D eigenvalue weighted by atomic mass is 10.3. The van der Waals surface area contributed by atoms with Crippen molar-refractivity contribution < 1.29 is 9.90 Å². The van der Waals surface area contributed by atoms with Crippen LogP contribution in [-0.2, 0) is 0 Å². The monoisotopic (exact) mass is 301 g/mol. The van der Waals surface area contributed by atoms with Crippen LogP contribution in [0.2, 0.25) is 0 Å². The summed E-state index contributed by atoms with van der Waals surface area (Å²) in [5.41, 5.74) is 1.27. The van der Waals surface area contributed by atoms with Gasteiger partial charge in [0.25, 0.3) is 5.91 Å². The van der Waals surface area contributed by atoms with Crippen LogP contribution in [-0.4, -0.2) is 27.6 Å². The first-order chi connectivity index (χ1) is 10.1. The van der Waals surface area contributed by atoms with Gasteiger partial charge in [-0.2, -0.15) is 0 Å². The molecule has 0 radical (unpaired) electrons. The molecule has 108 valence electrons. The van der Waals surface area contributed by atoms with Crippen molar-refractivity contribution in [3.05, 3.63) is 39.5 Å². The van der Waals surface area contributed by atoms with E-state index in [2.05, 4.69) is 27.1 Å². The van der Waals surface area contributed by atoms with Crippen molar-refractivity contribution in [3.8, 4) is 11.8 Å². The third-order valence-electron chi connectivity index (χ3n) is 2.55. The molecule has 0 aliphatic rings. The van der Waals surface area contributed by atoms with Crippen LogP contribution >= 0.6 is 11.3 Å². The molecule has 6 heteroatoms. The van der Waals surface area contributed by atoms with Crippen LogP contribution in [0.25, 0.3) is 0 Å². The highest BCUT2D eigenvalue weighted by atomic mass is 32.1. The Hall–Kier alpha value is -2.23. The van der Waals surface area contributed by atoms with Gasteiger partial charge in [-0.1, -0.05) is 12.0 Å². The van der Waals surface area contributed by atoms with Crippen molar-refractivity contribution in [1.29, 1.82) is 0 Å². The second kappa shape index (κ2) is 6.97. The number of aromatic nitrogens is 2. The topological polar surface area (TPSA) is 75.1 Å². The molecule has 0 saturated heterocycles. The lowest BCUT2D eigenvalue weighted by Crippen LogP contribution is -2.12. The number of hydrogen-bond donors (Lipinski definition) is 2. The molecule has 0 aliphatic carbocycles. The van der Waals surface area contributed by atoms with Crippen LogP contribution < -0.4 is 5.32 Å². The standard InChI is InChI=1S/C15H15N3O2S/c1-10-14(21-11(2)16-10)15(20)18-13-8-5-7-12(17-13)6-3-4-9-19/h5,7-8,19H,4,9H2,1-2H3,(H,17,18,20). The van der Waals surface area contributed by atoms with Gasteiger partial charge in [0.1, 0.15) is 16.4 Å². The van der Waals surface area contributed by atoms with E-state index in [1.165, 1.54) is 11.3 Å². The summed E-state index contributed by atoms with van der Waals surface area (Å²) in [5, 5.41) is 12.3. The average Bonchev–Trinajstić information content (AvgIpc) is 2.78. The molecule has 0 unspecified atom stereocenters. The molecule has 2 N–H and O–H groups in total. The SMILES string of the molecule is Cc1nc(C)c(C(=O)Nc2cccc(C#CCCO)n2)s1. The van der Waals surface area contributed by atoms with Gasteiger partial charge >= 0.3 is 0 Å². The van der Waals surface area contributed by atoms with Crippen LogP contribution in [0.3, 0.4) is 0 Å². The number of amides is 1. The largest absolute Gasteiger partial charge is 0.395 e. The zero-order valence-electron chi connectivity index (χ0n) is 11.8. The minimum atomic E-state index is -0.217. The maximum absolute atomic E-state index is 12.2. The number of nitrogens with one attached hydrogen (secondary N) is 1. The molecule has 0 saturated carbocycles.